The zero-order chi connectivity index (χ0) is 24.4. The SMILES string of the molecule is C/C(=N/NC(=O)[C@H](C)Sc1ccccc1)c1ccc2c(c1)[C@@H]1C=CC[C@H]1[C@@H](c1ccccc1Cl)N2. The summed E-state index contributed by atoms with van der Waals surface area (Å²) in [4.78, 5) is 13.7. The van der Waals surface area contributed by atoms with Crippen molar-refractivity contribution in [2.45, 2.75) is 42.4 Å². The Morgan fingerprint density at radius 3 is 2.66 bits per heavy atom. The van der Waals surface area contributed by atoms with E-state index in [1.165, 1.54) is 17.3 Å². The smallest absolute Gasteiger partial charge is 0.253 e. The molecule has 4 nitrogen and oxygen atoms in total. The molecule has 1 aliphatic heterocycles. The second-order valence-corrected chi connectivity index (χ2v) is 10.9. The van der Waals surface area contributed by atoms with Gasteiger partial charge in [0, 0.05) is 21.5 Å². The molecule has 3 aromatic carbocycles. The van der Waals surface area contributed by atoms with Crippen LogP contribution in [-0.2, 0) is 4.79 Å². The Morgan fingerprint density at radius 2 is 1.86 bits per heavy atom. The van der Waals surface area contributed by atoms with Gasteiger partial charge in [-0.05, 0) is 73.2 Å². The van der Waals surface area contributed by atoms with Crippen LogP contribution in [0.3, 0.4) is 0 Å². The number of hydrazone groups is 1. The molecule has 1 amide bonds. The molecule has 4 atom stereocenters. The van der Waals surface area contributed by atoms with Gasteiger partial charge in [-0.2, -0.15) is 5.10 Å². The molecule has 178 valence electrons. The minimum Gasteiger partial charge on any atom is -0.378 e. The molecule has 6 heteroatoms. The molecule has 0 radical (unpaired) electrons. The third kappa shape index (κ3) is 5.02. The maximum absolute atomic E-state index is 12.6. The first kappa shape index (κ1) is 23.7. The summed E-state index contributed by atoms with van der Waals surface area (Å²) in [6, 6.07) is 24.6. The predicted molar refractivity (Wildman–Crippen MR) is 146 cm³/mol. The number of hydrogen-bond acceptors (Lipinski definition) is 4. The third-order valence-electron chi connectivity index (χ3n) is 6.78. The number of amides is 1. The summed E-state index contributed by atoms with van der Waals surface area (Å²) < 4.78 is 0. The molecule has 0 unspecified atom stereocenters. The van der Waals surface area contributed by atoms with Crippen molar-refractivity contribution in [3.8, 4) is 0 Å². The maximum atomic E-state index is 12.6. The van der Waals surface area contributed by atoms with Gasteiger partial charge < -0.3 is 5.32 Å². The van der Waals surface area contributed by atoms with E-state index in [1.54, 1.807) is 0 Å². The molecular weight excluding hydrogens is 474 g/mol. The van der Waals surface area contributed by atoms with Gasteiger partial charge in [0.05, 0.1) is 17.0 Å². The average Bonchev–Trinajstić information content (AvgIpc) is 3.38. The molecule has 0 saturated carbocycles. The predicted octanol–water partition coefficient (Wildman–Crippen LogP) is 7.19. The molecule has 0 spiro atoms. The van der Waals surface area contributed by atoms with E-state index in [1.807, 2.05) is 62.4 Å². The van der Waals surface area contributed by atoms with Crippen molar-refractivity contribution in [3.63, 3.8) is 0 Å². The summed E-state index contributed by atoms with van der Waals surface area (Å²) in [6.07, 6.45) is 5.60. The topological polar surface area (TPSA) is 53.5 Å². The van der Waals surface area contributed by atoms with Gasteiger partial charge in [0.1, 0.15) is 0 Å². The van der Waals surface area contributed by atoms with E-state index >= 15 is 0 Å². The Bertz CT molecular complexity index is 1290. The van der Waals surface area contributed by atoms with Crippen LogP contribution < -0.4 is 10.7 Å². The lowest BCUT2D eigenvalue weighted by atomic mass is 9.76. The van der Waals surface area contributed by atoms with Gasteiger partial charge in [-0.3, -0.25) is 4.79 Å². The number of allylic oxidation sites excluding steroid dienone is 2. The number of anilines is 1. The minimum atomic E-state index is -0.243. The van der Waals surface area contributed by atoms with E-state index in [4.69, 9.17) is 11.6 Å². The average molecular weight is 502 g/mol. The first-order valence-corrected chi connectivity index (χ1v) is 13.1. The monoisotopic (exact) mass is 501 g/mol. The summed E-state index contributed by atoms with van der Waals surface area (Å²) >= 11 is 8.08. The molecule has 1 heterocycles. The highest BCUT2D eigenvalue weighted by Crippen LogP contribution is 2.50. The van der Waals surface area contributed by atoms with Crippen LogP contribution in [-0.4, -0.2) is 16.9 Å². The Hall–Kier alpha value is -3.02. The fourth-order valence-electron chi connectivity index (χ4n) is 4.91. The molecule has 1 aliphatic carbocycles. The number of nitrogens with one attached hydrogen (secondary N) is 2. The Kier molecular flexibility index (Phi) is 6.98. The minimum absolute atomic E-state index is 0.112. The zero-order valence-electron chi connectivity index (χ0n) is 19.7. The molecule has 0 saturated heterocycles. The lowest BCUT2D eigenvalue weighted by molar-refractivity contribution is -0.120. The van der Waals surface area contributed by atoms with Gasteiger partial charge in [0.2, 0.25) is 0 Å². The fraction of sp³-hybridized carbons (Fsp3) is 0.241. The molecule has 0 aromatic heterocycles. The van der Waals surface area contributed by atoms with Crippen molar-refractivity contribution < 1.29 is 4.79 Å². The van der Waals surface area contributed by atoms with Crippen molar-refractivity contribution in [2.75, 3.05) is 5.32 Å². The van der Waals surface area contributed by atoms with Crippen LogP contribution in [0, 0.1) is 5.92 Å². The molecule has 35 heavy (non-hydrogen) atoms. The zero-order valence-corrected chi connectivity index (χ0v) is 21.3. The van der Waals surface area contributed by atoms with E-state index in [0.29, 0.717) is 11.8 Å². The summed E-state index contributed by atoms with van der Waals surface area (Å²) in [6.45, 7) is 3.83. The highest BCUT2D eigenvalue weighted by molar-refractivity contribution is 8.00. The molecule has 2 aliphatic rings. The highest BCUT2D eigenvalue weighted by atomic mass is 35.5. The first-order chi connectivity index (χ1) is 17.0. The van der Waals surface area contributed by atoms with E-state index in [2.05, 4.69) is 52.3 Å². The number of rotatable bonds is 6. The Balaban J connectivity index is 1.32. The number of thioether (sulfide) groups is 1. The third-order valence-corrected chi connectivity index (χ3v) is 8.24. The first-order valence-electron chi connectivity index (χ1n) is 11.9. The number of hydrogen-bond donors (Lipinski definition) is 2. The van der Waals surface area contributed by atoms with E-state index in [9.17, 15) is 4.79 Å². The van der Waals surface area contributed by atoms with Crippen LogP contribution in [0.2, 0.25) is 5.02 Å². The number of nitrogens with zero attached hydrogens (tertiary/aromatic N) is 1. The number of carbonyl (C=O) groups excluding carboxylic acids is 1. The summed E-state index contributed by atoms with van der Waals surface area (Å²) in [7, 11) is 0. The number of fused-ring (bicyclic) bond motifs is 3. The van der Waals surface area contributed by atoms with Gasteiger partial charge in [-0.25, -0.2) is 5.43 Å². The number of halogens is 1. The van der Waals surface area contributed by atoms with E-state index < -0.39 is 0 Å². The molecule has 2 N–H and O–H groups in total. The standard InChI is InChI=1S/C29H28ClN3OS/c1-18(32-33-29(34)19(2)35-21-9-4-3-5-10-21)20-15-16-27-25(17-20)22-12-8-13-23(22)28(31-27)24-11-6-7-14-26(24)30/h3-12,14-17,19,22-23,28,31H,13H2,1-2H3,(H,33,34)/b32-18-/t19-,22+,23+,28-/m0/s1. The Labute approximate surface area is 215 Å². The van der Waals surface area contributed by atoms with Crippen molar-refractivity contribution in [2.24, 2.45) is 11.0 Å². The molecular formula is C29H28ClN3OS. The van der Waals surface area contributed by atoms with Gasteiger partial charge in [0.15, 0.2) is 0 Å². The van der Waals surface area contributed by atoms with Gasteiger partial charge >= 0.3 is 0 Å². The van der Waals surface area contributed by atoms with Crippen LogP contribution in [0.1, 0.15) is 48.9 Å². The number of carbonyl (C=O) groups is 1. The molecule has 0 fully saturated rings. The molecule has 0 bridgehead atoms. The summed E-state index contributed by atoms with van der Waals surface area (Å²) in [5, 5.41) is 8.71. The normalized spacial score (nSPS) is 21.6. The maximum Gasteiger partial charge on any atom is 0.253 e. The second kappa shape index (κ2) is 10.3. The summed E-state index contributed by atoms with van der Waals surface area (Å²) in [5.41, 5.74) is 8.06. The lowest BCUT2D eigenvalue weighted by Crippen LogP contribution is -2.29. The van der Waals surface area contributed by atoms with Gasteiger partial charge in [0.25, 0.3) is 5.91 Å². The fourth-order valence-corrected chi connectivity index (χ4v) is 6.04. The van der Waals surface area contributed by atoms with Crippen molar-refractivity contribution in [1.82, 2.24) is 5.43 Å². The van der Waals surface area contributed by atoms with Crippen molar-refractivity contribution >= 4 is 40.7 Å². The largest absolute Gasteiger partial charge is 0.378 e. The number of benzene rings is 3. The molecule has 5 rings (SSSR count). The van der Waals surface area contributed by atoms with Crippen LogP contribution in [0.25, 0.3) is 0 Å². The van der Waals surface area contributed by atoms with Crippen LogP contribution in [0.5, 0.6) is 0 Å². The van der Waals surface area contributed by atoms with Gasteiger partial charge in [-0.1, -0.05) is 66.2 Å². The van der Waals surface area contributed by atoms with E-state index in [-0.39, 0.29) is 17.2 Å². The quantitative estimate of drug-likeness (QED) is 0.163. The Morgan fingerprint density at radius 1 is 1.09 bits per heavy atom. The van der Waals surface area contributed by atoms with Crippen molar-refractivity contribution in [3.05, 3.63) is 107 Å². The summed E-state index contributed by atoms with van der Waals surface area (Å²) in [5.74, 6) is 0.613. The lowest BCUT2D eigenvalue weighted by Gasteiger charge is -2.38. The van der Waals surface area contributed by atoms with Crippen LogP contribution in [0.15, 0.2) is 94.9 Å². The molecule has 3 aromatic rings. The second-order valence-electron chi connectivity index (χ2n) is 9.05. The van der Waals surface area contributed by atoms with Crippen molar-refractivity contribution in [1.29, 1.82) is 0 Å². The van der Waals surface area contributed by atoms with Crippen LogP contribution in [0.4, 0.5) is 5.69 Å². The highest BCUT2D eigenvalue weighted by Gasteiger charge is 2.38. The van der Waals surface area contributed by atoms with E-state index in [0.717, 1.165) is 38.9 Å². The van der Waals surface area contributed by atoms with Crippen LogP contribution >= 0.6 is 23.4 Å². The van der Waals surface area contributed by atoms with Gasteiger partial charge in [-0.15, -0.1) is 11.8 Å².